The molecular weight excluding hydrogens is 809 g/mol. The Hall–Kier alpha value is -8.32. The lowest BCUT2D eigenvalue weighted by molar-refractivity contribution is 0.671. The molecule has 4 aromatic heterocycles. The van der Waals surface area contributed by atoms with Gasteiger partial charge in [0.1, 0.15) is 17.0 Å². The van der Waals surface area contributed by atoms with Gasteiger partial charge in [0.2, 0.25) is 5.95 Å². The van der Waals surface area contributed by atoms with Crippen LogP contribution in [0.2, 0.25) is 0 Å². The molecule has 0 saturated heterocycles. The maximum Gasteiger partial charge on any atom is 0.237 e. The van der Waals surface area contributed by atoms with Gasteiger partial charge >= 0.3 is 0 Å². The molecule has 0 spiro atoms. The van der Waals surface area contributed by atoms with Crippen molar-refractivity contribution >= 4 is 94.4 Å². The van der Waals surface area contributed by atoms with Gasteiger partial charge in [0.05, 0.1) is 77.1 Å². The van der Waals surface area contributed by atoms with Gasteiger partial charge < -0.3 is 4.42 Å². The molecule has 0 aliphatic rings. The Bertz CT molecular complexity index is 5680. The van der Waals surface area contributed by atoms with E-state index in [1.165, 1.54) is 0 Å². The van der Waals surface area contributed by atoms with Crippen LogP contribution in [0.4, 0.5) is 0 Å². The van der Waals surface area contributed by atoms with Crippen LogP contribution in [0, 0.1) is 6.92 Å². The number of furan rings is 1. The summed E-state index contributed by atoms with van der Waals surface area (Å²) in [6, 6.07) is -37.9. The van der Waals surface area contributed by atoms with Crippen LogP contribution in [0.5, 0.6) is 0 Å². The summed E-state index contributed by atoms with van der Waals surface area (Å²) < 4.78 is 344. The zero-order valence-electron chi connectivity index (χ0n) is 68.8. The highest BCUT2D eigenvalue weighted by atomic mass is 28.3. The van der Waals surface area contributed by atoms with Crippen molar-refractivity contribution in [3.8, 4) is 23.0 Å². The maximum atomic E-state index is 10.9. The Morgan fingerprint density at radius 3 is 1.52 bits per heavy atom. The Kier molecular flexibility index (Phi) is 3.61. The first-order chi connectivity index (χ1) is 47.1. The molecule has 0 amide bonds. The highest BCUT2D eigenvalue weighted by Crippen LogP contribution is 2.36. The average Bonchev–Trinajstić information content (AvgIpc) is 1.55. The topological polar surface area (TPSA) is 48.8 Å². The first kappa shape index (κ1) is 16.0. The zero-order chi connectivity index (χ0) is 74.4. The summed E-state index contributed by atoms with van der Waals surface area (Å²) in [4.78, 5) is 9.47. The predicted molar refractivity (Wildman–Crippen MR) is 272 cm³/mol. The normalized spacial score (nSPS) is 19.8. The summed E-state index contributed by atoms with van der Waals surface area (Å²) in [5.41, 5.74) is -7.18. The van der Waals surface area contributed by atoms with Gasteiger partial charge in [0, 0.05) is 43.9 Å². The third-order valence-corrected chi connectivity index (χ3v) is 14.9. The van der Waals surface area contributed by atoms with Crippen molar-refractivity contribution < 1.29 is 53.8 Å². The number of para-hydroxylation sites is 5. The van der Waals surface area contributed by atoms with Crippen LogP contribution in [0.1, 0.15) is 54.9 Å². The van der Waals surface area contributed by atoms with Crippen LogP contribution in [0.3, 0.4) is 0 Å². The van der Waals surface area contributed by atoms with Crippen LogP contribution in [0.15, 0.2) is 228 Å². The Morgan fingerprint density at radius 2 is 0.938 bits per heavy atom. The smallest absolute Gasteiger partial charge is 0.237 e. The lowest BCUT2D eigenvalue weighted by atomic mass is 10.1. The van der Waals surface area contributed by atoms with Gasteiger partial charge in [0.25, 0.3) is 0 Å². The lowest BCUT2D eigenvalue weighted by Crippen LogP contribution is -2.75. The molecular formula is C59H40N4OSi. The van der Waals surface area contributed by atoms with E-state index < -0.39 is 340 Å². The summed E-state index contributed by atoms with van der Waals surface area (Å²) in [7, 11) is -6.67. The minimum atomic E-state index is -6.67. The number of hydrogen-bond acceptors (Lipinski definition) is 3. The molecule has 0 radical (unpaired) electrons. The zero-order valence-corrected chi connectivity index (χ0v) is 33.8. The molecule has 0 fully saturated rings. The van der Waals surface area contributed by atoms with E-state index in [-0.39, 0.29) is 0 Å². The van der Waals surface area contributed by atoms with Crippen LogP contribution in [0.25, 0.3) is 88.6 Å². The van der Waals surface area contributed by atoms with E-state index in [2.05, 4.69) is 0 Å². The third kappa shape index (κ3) is 5.64. The number of rotatable bonds is 7. The summed E-state index contributed by atoms with van der Waals surface area (Å²) in [6.07, 6.45) is 0. The van der Waals surface area contributed by atoms with Crippen molar-refractivity contribution in [2.75, 3.05) is 0 Å². The van der Waals surface area contributed by atoms with E-state index in [0.29, 0.717) is 4.57 Å². The molecule has 0 bridgehead atoms. The molecule has 6 heteroatoms. The lowest BCUT2D eigenvalue weighted by Gasteiger charge is -2.35. The molecule has 5 nitrogen and oxygen atoms in total. The quantitative estimate of drug-likeness (QED) is 0.118. The molecule has 13 aromatic rings. The van der Waals surface area contributed by atoms with Crippen molar-refractivity contribution in [3.05, 3.63) is 229 Å². The number of benzene rings is 9. The summed E-state index contributed by atoms with van der Waals surface area (Å²) >= 11 is 0. The highest BCUT2D eigenvalue weighted by molar-refractivity contribution is 7.20. The van der Waals surface area contributed by atoms with Gasteiger partial charge in [-0.1, -0.05) is 187 Å². The van der Waals surface area contributed by atoms with E-state index in [1.54, 1.807) is 0 Å². The fraction of sp³-hybridized carbons (Fsp3) is 0.0169. The van der Waals surface area contributed by atoms with Crippen LogP contribution < -0.4 is 20.7 Å². The Labute approximate surface area is 426 Å². The third-order valence-electron chi connectivity index (χ3n) is 10.8. The van der Waals surface area contributed by atoms with Gasteiger partial charge in [-0.15, -0.1) is 0 Å². The second-order valence-electron chi connectivity index (χ2n) is 14.2. The first-order valence-electron chi connectivity index (χ1n) is 37.2. The van der Waals surface area contributed by atoms with Crippen molar-refractivity contribution in [1.29, 1.82) is 0 Å². The fourth-order valence-corrected chi connectivity index (χ4v) is 12.1. The second kappa shape index (κ2) is 14.6. The molecule has 0 atom stereocenters. The molecule has 0 aliphatic heterocycles. The van der Waals surface area contributed by atoms with E-state index in [0.717, 1.165) is 17.6 Å². The van der Waals surface area contributed by atoms with E-state index in [4.69, 9.17) is 32.2 Å². The minimum Gasteiger partial charge on any atom is -0.456 e. The fourth-order valence-electron chi connectivity index (χ4n) is 8.16. The number of hydrogen-bond donors (Lipinski definition) is 0. The van der Waals surface area contributed by atoms with Gasteiger partial charge in [-0.3, -0.25) is 9.13 Å². The summed E-state index contributed by atoms with van der Waals surface area (Å²) in [5.74, 6) is -1.91. The number of nitrogens with zero attached hydrogens (tertiary/aromatic N) is 4. The molecule has 0 N–H and O–H groups in total. The molecule has 306 valence electrons. The van der Waals surface area contributed by atoms with Crippen molar-refractivity contribution in [2.24, 2.45) is 0 Å². The van der Waals surface area contributed by atoms with E-state index >= 15 is 0 Å². The van der Waals surface area contributed by atoms with Crippen LogP contribution in [-0.2, 0) is 0 Å². The number of fused-ring (bicyclic) bond motifs is 9. The molecule has 65 heavy (non-hydrogen) atoms. The number of aromatic nitrogens is 4. The monoisotopic (exact) mass is 885 g/mol. The first-order valence-corrected chi connectivity index (χ1v) is 21.2. The maximum absolute atomic E-state index is 10.9. The summed E-state index contributed by atoms with van der Waals surface area (Å²) in [5, 5.41) is -8.19. The highest BCUT2D eigenvalue weighted by Gasteiger charge is 2.44. The predicted octanol–water partition coefficient (Wildman–Crippen LogP) is 11.9. The standard InChI is InChI=1S/C59H40N4OSi/c1-39-35-49-48-29-12-17-34-55(48)64-58(49)56(36-39)65(41-20-4-2-5-21-41,42-22-6-3-7-23-42)43-24-18-19-40(37-43)50-38-57(62-51-30-13-8-25-44(51)45-26-9-14-31-52(45)62)61-59(60-50)63-53-32-15-10-27-46(53)47-28-11-16-33-54(47)63/h2-38H,1H3/i2D,3D,4D,5D,6D,7D,8D,9D,10D,11D,12D,13D,14D,15D,16D,17D,18D,19D,20D,21D,22D,23D,24D,25D,26D,27D,28D,29D,30D,31D,32D,33D,34D,35D,36D,37D. The van der Waals surface area contributed by atoms with Gasteiger partial charge in [-0.2, -0.15) is 4.98 Å². The molecule has 0 unspecified atom stereocenters. The van der Waals surface area contributed by atoms with Crippen molar-refractivity contribution in [2.45, 2.75) is 6.92 Å². The van der Waals surface area contributed by atoms with Crippen molar-refractivity contribution in [3.63, 3.8) is 0 Å². The average molecular weight is 885 g/mol. The second-order valence-corrected chi connectivity index (χ2v) is 17.7. The Morgan fingerprint density at radius 1 is 0.446 bits per heavy atom. The van der Waals surface area contributed by atoms with Crippen molar-refractivity contribution in [1.82, 2.24) is 19.1 Å². The molecule has 0 saturated carbocycles. The van der Waals surface area contributed by atoms with Gasteiger partial charge in [0.15, 0.2) is 8.07 Å². The van der Waals surface area contributed by atoms with Gasteiger partial charge in [-0.25, -0.2) is 4.98 Å². The van der Waals surface area contributed by atoms with Gasteiger partial charge in [-0.05, 0) is 63.9 Å². The van der Waals surface area contributed by atoms with Crippen LogP contribution >= 0.6 is 0 Å². The van der Waals surface area contributed by atoms with E-state index in [1.807, 2.05) is 0 Å². The Balaban J connectivity index is 1.37. The minimum absolute atomic E-state index is 0.518. The van der Waals surface area contributed by atoms with E-state index in [9.17, 15) is 31.5 Å². The molecule has 0 aliphatic carbocycles. The van der Waals surface area contributed by atoms with Crippen LogP contribution in [-0.4, -0.2) is 27.2 Å². The summed E-state index contributed by atoms with van der Waals surface area (Å²) in [6.45, 7) is 1.11. The largest absolute Gasteiger partial charge is 0.456 e. The molecule has 13 rings (SSSR count). The SMILES string of the molecule is [2H]c1c([2H])c([2H])c([Si](c2c([2H])c([2H])c([2H])c([2H])c2[2H])(c2c([2H])c([2H])c([2H])c(-c3cc(-n4c5c([2H])c([2H])c([2H])c([2H])c5c5c([2H])c([2H])c([2H])c([2H])c54)nc(-n4c5c([2H])c([2H])c([2H])c([2H])c5c5c([2H])c([2H])c([2H])c([2H])c54)n3)c2[2H])c2c([2H])c(C)c([2H])c3c2oc2c([2H])c([2H])c([2H])c([2H])c23)c([2H])c1[2H]. The molecule has 4 heterocycles. The molecule has 9 aromatic carbocycles.